The summed E-state index contributed by atoms with van der Waals surface area (Å²) in [4.78, 5) is 10.4. The van der Waals surface area contributed by atoms with Gasteiger partial charge in [0.15, 0.2) is 0 Å². The van der Waals surface area contributed by atoms with Crippen LogP contribution < -0.4 is 0 Å². The number of carboxylic acids is 1. The Kier molecular flexibility index (Phi) is 9.91. The first-order chi connectivity index (χ1) is 11.5. The lowest BCUT2D eigenvalue weighted by Gasteiger charge is -2.19. The lowest BCUT2D eigenvalue weighted by molar-refractivity contribution is -0.137. The summed E-state index contributed by atoms with van der Waals surface area (Å²) >= 11 is 0. The van der Waals surface area contributed by atoms with Crippen molar-refractivity contribution in [3.63, 3.8) is 0 Å². The van der Waals surface area contributed by atoms with Gasteiger partial charge in [-0.1, -0.05) is 44.1 Å². The fraction of sp³-hybridized carbons (Fsp3) is 0.737. The summed E-state index contributed by atoms with van der Waals surface area (Å²) in [7, 11) is 0. The molecular formula is C19H32O5. The van der Waals surface area contributed by atoms with E-state index in [1.165, 1.54) is 0 Å². The highest BCUT2D eigenvalue weighted by Crippen LogP contribution is 2.36. The van der Waals surface area contributed by atoms with Crippen molar-refractivity contribution in [3.8, 4) is 0 Å². The molecule has 0 aliphatic heterocycles. The molecule has 0 aromatic carbocycles. The van der Waals surface area contributed by atoms with Crippen LogP contribution in [0.3, 0.4) is 0 Å². The first-order valence-corrected chi connectivity index (χ1v) is 9.05. The summed E-state index contributed by atoms with van der Waals surface area (Å²) < 4.78 is 0. The molecule has 0 saturated heterocycles. The van der Waals surface area contributed by atoms with Gasteiger partial charge < -0.3 is 20.4 Å². The van der Waals surface area contributed by atoms with Gasteiger partial charge in [-0.05, 0) is 31.6 Å². The highest BCUT2D eigenvalue weighted by Gasteiger charge is 2.39. The maximum absolute atomic E-state index is 10.4. The van der Waals surface area contributed by atoms with Gasteiger partial charge in [-0.3, -0.25) is 4.79 Å². The van der Waals surface area contributed by atoms with Gasteiger partial charge in [0.1, 0.15) is 0 Å². The van der Waals surface area contributed by atoms with Crippen LogP contribution in [0.4, 0.5) is 0 Å². The van der Waals surface area contributed by atoms with Crippen LogP contribution in [0.15, 0.2) is 24.3 Å². The molecule has 0 spiro atoms. The summed E-state index contributed by atoms with van der Waals surface area (Å²) in [5.41, 5.74) is 0. The summed E-state index contributed by atoms with van der Waals surface area (Å²) in [5.74, 6) is -1.00. The molecule has 24 heavy (non-hydrogen) atoms. The third-order valence-electron chi connectivity index (χ3n) is 4.66. The Balaban J connectivity index is 2.48. The maximum Gasteiger partial charge on any atom is 0.303 e. The van der Waals surface area contributed by atoms with E-state index in [-0.39, 0.29) is 18.3 Å². The van der Waals surface area contributed by atoms with Gasteiger partial charge in [0.25, 0.3) is 0 Å². The summed E-state index contributed by atoms with van der Waals surface area (Å²) in [6, 6.07) is 0. The molecule has 1 saturated carbocycles. The fourth-order valence-electron chi connectivity index (χ4n) is 3.21. The molecule has 0 heterocycles. The molecule has 0 aromatic heterocycles. The lowest BCUT2D eigenvalue weighted by Crippen LogP contribution is -2.20. The van der Waals surface area contributed by atoms with E-state index in [1.54, 1.807) is 6.08 Å². The first-order valence-electron chi connectivity index (χ1n) is 9.05. The minimum Gasteiger partial charge on any atom is -0.481 e. The van der Waals surface area contributed by atoms with Gasteiger partial charge in [-0.15, -0.1) is 0 Å². The van der Waals surface area contributed by atoms with Crippen LogP contribution in [0.5, 0.6) is 0 Å². The minimum atomic E-state index is -0.787. The van der Waals surface area contributed by atoms with Crippen molar-refractivity contribution < 1.29 is 25.2 Å². The Morgan fingerprint density at radius 2 is 1.96 bits per heavy atom. The fourth-order valence-corrected chi connectivity index (χ4v) is 3.21. The van der Waals surface area contributed by atoms with Crippen LogP contribution in [-0.4, -0.2) is 44.7 Å². The van der Waals surface area contributed by atoms with Crippen LogP contribution in [0.25, 0.3) is 0 Å². The largest absolute Gasteiger partial charge is 0.481 e. The van der Waals surface area contributed by atoms with Crippen molar-refractivity contribution in [3.05, 3.63) is 24.3 Å². The molecule has 0 unspecified atom stereocenters. The summed E-state index contributed by atoms with van der Waals surface area (Å²) in [6.07, 6.45) is 11.0. The van der Waals surface area contributed by atoms with E-state index in [9.17, 15) is 20.1 Å². The van der Waals surface area contributed by atoms with Gasteiger partial charge >= 0.3 is 5.97 Å². The molecule has 1 rings (SSSR count). The maximum atomic E-state index is 10.4. The Labute approximate surface area is 144 Å². The quantitative estimate of drug-likeness (QED) is 0.342. The van der Waals surface area contributed by atoms with Gasteiger partial charge in [-0.2, -0.15) is 0 Å². The Morgan fingerprint density at radius 1 is 1.21 bits per heavy atom. The van der Waals surface area contributed by atoms with Crippen molar-refractivity contribution in [2.75, 3.05) is 0 Å². The van der Waals surface area contributed by atoms with Crippen LogP contribution in [0.2, 0.25) is 0 Å². The normalized spacial score (nSPS) is 28.8. The molecule has 1 aliphatic rings. The molecule has 138 valence electrons. The van der Waals surface area contributed by atoms with Crippen molar-refractivity contribution in [1.82, 2.24) is 0 Å². The molecule has 4 N–H and O–H groups in total. The molecule has 0 amide bonds. The van der Waals surface area contributed by atoms with E-state index < -0.39 is 24.3 Å². The number of allylic oxidation sites excluding steroid dienone is 2. The number of rotatable bonds is 11. The number of aliphatic carboxylic acids is 1. The standard InChI is InChI=1S/C19H32O5/c1-2-3-8-14(20)11-12-16-15(17(21)13-18(16)22)9-6-4-5-7-10-19(23)24/h4,6,11-12,14-18,20-22H,2-3,5,7-10,13H2,1H3,(H,23,24)/b6-4-,12-11+/t14-,15+,16+,17-,18+/m1/s1. The number of hydrogen-bond donors (Lipinski definition) is 4. The molecule has 1 fully saturated rings. The number of unbranched alkanes of at least 4 members (excludes halogenated alkanes) is 2. The molecule has 0 bridgehead atoms. The molecule has 5 nitrogen and oxygen atoms in total. The van der Waals surface area contributed by atoms with E-state index in [2.05, 4.69) is 6.92 Å². The average molecular weight is 340 g/mol. The van der Waals surface area contributed by atoms with Gasteiger partial charge in [-0.25, -0.2) is 0 Å². The third kappa shape index (κ3) is 7.60. The van der Waals surface area contributed by atoms with Crippen molar-refractivity contribution >= 4 is 5.97 Å². The highest BCUT2D eigenvalue weighted by atomic mass is 16.4. The summed E-state index contributed by atoms with van der Waals surface area (Å²) in [5, 5.41) is 38.8. The van der Waals surface area contributed by atoms with Crippen LogP contribution >= 0.6 is 0 Å². The topological polar surface area (TPSA) is 98.0 Å². The van der Waals surface area contributed by atoms with E-state index in [1.807, 2.05) is 18.2 Å². The molecule has 0 radical (unpaired) electrons. The monoisotopic (exact) mass is 340 g/mol. The van der Waals surface area contributed by atoms with Crippen LogP contribution in [-0.2, 0) is 4.79 Å². The van der Waals surface area contributed by atoms with Crippen molar-refractivity contribution in [1.29, 1.82) is 0 Å². The van der Waals surface area contributed by atoms with E-state index in [0.717, 1.165) is 12.8 Å². The molecule has 1 aliphatic carbocycles. The predicted molar refractivity (Wildman–Crippen MR) is 93.5 cm³/mol. The Bertz CT molecular complexity index is 418. The molecule has 0 aromatic rings. The van der Waals surface area contributed by atoms with Crippen molar-refractivity contribution in [2.45, 2.75) is 76.6 Å². The second-order valence-corrected chi connectivity index (χ2v) is 6.70. The zero-order valence-electron chi connectivity index (χ0n) is 14.6. The number of aliphatic hydroxyl groups excluding tert-OH is 3. The Morgan fingerprint density at radius 3 is 2.62 bits per heavy atom. The smallest absolute Gasteiger partial charge is 0.303 e. The second kappa shape index (κ2) is 11.4. The number of aliphatic hydroxyl groups is 3. The van der Waals surface area contributed by atoms with E-state index >= 15 is 0 Å². The van der Waals surface area contributed by atoms with Gasteiger partial charge in [0, 0.05) is 18.8 Å². The van der Waals surface area contributed by atoms with Crippen LogP contribution in [0.1, 0.15) is 58.3 Å². The number of carboxylic acid groups (broad SMARTS) is 1. The average Bonchev–Trinajstić information content (AvgIpc) is 2.79. The molecule has 5 heteroatoms. The van der Waals surface area contributed by atoms with Gasteiger partial charge in [0.05, 0.1) is 18.3 Å². The van der Waals surface area contributed by atoms with Gasteiger partial charge in [0.2, 0.25) is 0 Å². The zero-order valence-corrected chi connectivity index (χ0v) is 14.6. The number of hydrogen-bond acceptors (Lipinski definition) is 4. The number of carbonyl (C=O) groups is 1. The van der Waals surface area contributed by atoms with E-state index in [4.69, 9.17) is 5.11 Å². The van der Waals surface area contributed by atoms with Crippen molar-refractivity contribution in [2.24, 2.45) is 11.8 Å². The van der Waals surface area contributed by atoms with E-state index in [0.29, 0.717) is 32.1 Å². The highest BCUT2D eigenvalue weighted by molar-refractivity contribution is 5.66. The summed E-state index contributed by atoms with van der Waals surface area (Å²) in [6.45, 7) is 2.08. The Hall–Kier alpha value is -1.17. The lowest BCUT2D eigenvalue weighted by atomic mass is 9.89. The zero-order chi connectivity index (χ0) is 17.9. The minimum absolute atomic E-state index is 0.0645. The molecule has 5 atom stereocenters. The third-order valence-corrected chi connectivity index (χ3v) is 4.66. The first kappa shape index (κ1) is 20.9. The van der Waals surface area contributed by atoms with Crippen LogP contribution in [0, 0.1) is 11.8 Å². The SMILES string of the molecule is CCCC[C@@H](O)/C=C/[C@H]1[C@H](C/C=C\CCCC(=O)O)[C@H](O)C[C@@H]1O. The second-order valence-electron chi connectivity index (χ2n) is 6.70. The predicted octanol–water partition coefficient (Wildman–Crippen LogP) is 2.65. The molecular weight excluding hydrogens is 308 g/mol.